The van der Waals surface area contributed by atoms with Gasteiger partial charge >= 0.3 is 0 Å². The second-order valence-corrected chi connectivity index (χ2v) is 7.88. The first-order valence-electron chi connectivity index (χ1n) is 8.99. The number of likely N-dealkylation sites (N-methyl/N-ethyl adjacent to an activating group) is 1. The molecule has 5 rings (SSSR count). The second-order valence-electron chi connectivity index (χ2n) is 7.88. The topological polar surface area (TPSA) is 66.5 Å². The van der Waals surface area contributed by atoms with Gasteiger partial charge in [-0.15, -0.1) is 0 Å². The predicted molar refractivity (Wildman–Crippen MR) is 90.4 cm³/mol. The second kappa shape index (κ2) is 5.34. The van der Waals surface area contributed by atoms with Crippen LogP contribution < -0.4 is 9.47 Å². The number of carbonyl (C=O) groups is 1. The Balaban J connectivity index is 1.63. The zero-order valence-electron chi connectivity index (χ0n) is 15.4. The maximum absolute atomic E-state index is 13.1. The van der Waals surface area contributed by atoms with E-state index in [2.05, 4.69) is 0 Å². The van der Waals surface area contributed by atoms with Crippen LogP contribution in [0.2, 0.25) is 0 Å². The number of amides is 1. The largest absolute Gasteiger partial charge is 0.454 e. The highest BCUT2D eigenvalue weighted by molar-refractivity contribution is 5.98. The zero-order valence-corrected chi connectivity index (χ0v) is 15.4. The van der Waals surface area contributed by atoms with Crippen molar-refractivity contribution in [2.45, 2.75) is 56.3 Å². The highest BCUT2D eigenvalue weighted by Gasteiger charge is 2.58. The van der Waals surface area contributed by atoms with E-state index in [4.69, 9.17) is 23.7 Å². The summed E-state index contributed by atoms with van der Waals surface area (Å²) in [5, 5.41) is 0. The lowest BCUT2D eigenvalue weighted by Gasteiger charge is -2.48. The molecule has 1 saturated carbocycles. The molecule has 5 atom stereocenters. The number of carbonyl (C=O) groups excluding carboxylic acids is 1. The molecule has 1 aliphatic carbocycles. The quantitative estimate of drug-likeness (QED) is 0.761. The fraction of sp³-hybridized carbons (Fsp3) is 0.632. The van der Waals surface area contributed by atoms with E-state index < -0.39 is 5.79 Å². The van der Waals surface area contributed by atoms with Crippen LogP contribution in [-0.2, 0) is 14.2 Å². The summed E-state index contributed by atoms with van der Waals surface area (Å²) in [6, 6.07) is 3.65. The SMILES string of the molecule is CO[C@H]1C[C@@H]2c3cc4c(cc3C(=O)N(C)[C@H]2[C@@H]2OC(C)(C)O[C@@H]21)OCO4. The van der Waals surface area contributed by atoms with Crippen LogP contribution in [0.3, 0.4) is 0 Å². The molecule has 3 aliphatic heterocycles. The van der Waals surface area contributed by atoms with E-state index in [1.807, 2.05) is 27.0 Å². The van der Waals surface area contributed by atoms with Crippen molar-refractivity contribution in [1.29, 1.82) is 0 Å². The highest BCUT2D eigenvalue weighted by Crippen LogP contribution is 2.50. The van der Waals surface area contributed by atoms with E-state index >= 15 is 0 Å². The fourth-order valence-corrected chi connectivity index (χ4v) is 4.93. The van der Waals surface area contributed by atoms with E-state index in [-0.39, 0.29) is 43.0 Å². The normalized spacial score (nSPS) is 36.5. The summed E-state index contributed by atoms with van der Waals surface area (Å²) >= 11 is 0. The summed E-state index contributed by atoms with van der Waals surface area (Å²) < 4.78 is 29.1. The lowest BCUT2D eigenvalue weighted by Crippen LogP contribution is -2.60. The van der Waals surface area contributed by atoms with Gasteiger partial charge in [-0.2, -0.15) is 0 Å². The molecular formula is C19H23NO6. The molecule has 26 heavy (non-hydrogen) atoms. The molecule has 3 heterocycles. The van der Waals surface area contributed by atoms with Crippen LogP contribution in [0.25, 0.3) is 0 Å². The monoisotopic (exact) mass is 361 g/mol. The van der Waals surface area contributed by atoms with E-state index in [0.717, 1.165) is 12.0 Å². The molecule has 140 valence electrons. The molecule has 7 heteroatoms. The minimum Gasteiger partial charge on any atom is -0.454 e. The Morgan fingerprint density at radius 2 is 1.85 bits per heavy atom. The van der Waals surface area contributed by atoms with Gasteiger partial charge in [0.15, 0.2) is 17.3 Å². The molecule has 2 fully saturated rings. The van der Waals surface area contributed by atoms with Crippen molar-refractivity contribution in [2.75, 3.05) is 21.0 Å². The predicted octanol–water partition coefficient (Wildman–Crippen LogP) is 1.89. The minimum atomic E-state index is -0.694. The summed E-state index contributed by atoms with van der Waals surface area (Å²) in [4.78, 5) is 14.9. The lowest BCUT2D eigenvalue weighted by molar-refractivity contribution is -0.156. The van der Waals surface area contributed by atoms with Crippen LogP contribution >= 0.6 is 0 Å². The molecule has 0 aromatic heterocycles. The standard InChI is InChI=1S/C19H23NO6/c1-19(2)25-16-14(22-4)6-10-9-5-12-13(24-8-23-12)7-11(9)18(21)20(3)15(10)17(16)26-19/h5,7,10,14-17H,6,8H2,1-4H3/t10-,14+,15-,16-,17+/m1/s1. The van der Waals surface area contributed by atoms with Crippen LogP contribution in [-0.4, -0.2) is 61.9 Å². The molecule has 4 aliphatic rings. The van der Waals surface area contributed by atoms with Gasteiger partial charge in [0.1, 0.15) is 12.2 Å². The van der Waals surface area contributed by atoms with Gasteiger partial charge in [0.25, 0.3) is 5.91 Å². The highest BCUT2D eigenvalue weighted by atomic mass is 16.8. The maximum atomic E-state index is 13.1. The van der Waals surface area contributed by atoms with Gasteiger partial charge in [0, 0.05) is 25.6 Å². The molecule has 7 nitrogen and oxygen atoms in total. The van der Waals surface area contributed by atoms with Gasteiger partial charge in [0.05, 0.1) is 12.1 Å². The van der Waals surface area contributed by atoms with Gasteiger partial charge in [-0.05, 0) is 38.0 Å². The average Bonchev–Trinajstić information content (AvgIpc) is 3.19. The van der Waals surface area contributed by atoms with Crippen molar-refractivity contribution in [2.24, 2.45) is 0 Å². The first kappa shape index (κ1) is 16.4. The minimum absolute atomic E-state index is 0.0255. The molecule has 1 aromatic carbocycles. The molecule has 0 unspecified atom stereocenters. The summed E-state index contributed by atoms with van der Waals surface area (Å²) in [6.45, 7) is 4.00. The summed E-state index contributed by atoms with van der Waals surface area (Å²) in [5.41, 5.74) is 1.65. The first-order chi connectivity index (χ1) is 12.4. The van der Waals surface area contributed by atoms with Crippen molar-refractivity contribution >= 4 is 5.91 Å². The molecule has 1 amide bonds. The number of methoxy groups -OCH3 is 1. The van der Waals surface area contributed by atoms with Crippen LogP contribution in [0, 0.1) is 0 Å². The van der Waals surface area contributed by atoms with E-state index in [9.17, 15) is 4.79 Å². The zero-order chi connectivity index (χ0) is 18.2. The van der Waals surface area contributed by atoms with Crippen molar-refractivity contribution in [3.8, 4) is 11.5 Å². The Kier molecular flexibility index (Phi) is 3.36. The van der Waals surface area contributed by atoms with E-state index in [1.54, 1.807) is 18.1 Å². The van der Waals surface area contributed by atoms with Gasteiger partial charge in [-0.3, -0.25) is 4.79 Å². The van der Waals surface area contributed by atoms with Crippen molar-refractivity contribution < 1.29 is 28.5 Å². The number of hydrogen-bond donors (Lipinski definition) is 0. The van der Waals surface area contributed by atoms with E-state index in [0.29, 0.717) is 17.1 Å². The van der Waals surface area contributed by atoms with Crippen molar-refractivity contribution in [1.82, 2.24) is 4.90 Å². The summed E-state index contributed by atoms with van der Waals surface area (Å²) in [6.07, 6.45) is 0.234. The number of benzene rings is 1. The summed E-state index contributed by atoms with van der Waals surface area (Å²) in [7, 11) is 3.54. The third-order valence-corrected chi connectivity index (χ3v) is 6.01. The Labute approximate surface area is 152 Å². The molecule has 1 saturated heterocycles. The number of nitrogens with zero attached hydrogens (tertiary/aromatic N) is 1. The number of ether oxygens (including phenoxy) is 5. The third kappa shape index (κ3) is 2.14. The molecular weight excluding hydrogens is 338 g/mol. The van der Waals surface area contributed by atoms with Crippen LogP contribution in [0.4, 0.5) is 0 Å². The van der Waals surface area contributed by atoms with Crippen LogP contribution in [0.1, 0.15) is 42.1 Å². The van der Waals surface area contributed by atoms with E-state index in [1.165, 1.54) is 0 Å². The molecule has 0 spiro atoms. The van der Waals surface area contributed by atoms with Gasteiger partial charge in [-0.25, -0.2) is 0 Å². The van der Waals surface area contributed by atoms with Crippen molar-refractivity contribution in [3.05, 3.63) is 23.3 Å². The van der Waals surface area contributed by atoms with Crippen LogP contribution in [0.15, 0.2) is 12.1 Å². The number of fused-ring (bicyclic) bond motifs is 6. The van der Waals surface area contributed by atoms with Crippen molar-refractivity contribution in [3.63, 3.8) is 0 Å². The molecule has 0 N–H and O–H groups in total. The number of hydrogen-bond acceptors (Lipinski definition) is 6. The third-order valence-electron chi connectivity index (χ3n) is 6.01. The smallest absolute Gasteiger partial charge is 0.254 e. The summed E-state index contributed by atoms with van der Waals surface area (Å²) in [5.74, 6) is 0.691. The van der Waals surface area contributed by atoms with Gasteiger partial charge in [0.2, 0.25) is 6.79 Å². The van der Waals surface area contributed by atoms with Gasteiger partial charge < -0.3 is 28.6 Å². The molecule has 0 radical (unpaired) electrons. The van der Waals surface area contributed by atoms with Gasteiger partial charge in [-0.1, -0.05) is 0 Å². The molecule has 1 aromatic rings. The van der Waals surface area contributed by atoms with Crippen LogP contribution in [0.5, 0.6) is 11.5 Å². The lowest BCUT2D eigenvalue weighted by atomic mass is 9.71. The Morgan fingerprint density at radius 1 is 1.15 bits per heavy atom. The average molecular weight is 361 g/mol. The first-order valence-corrected chi connectivity index (χ1v) is 8.99. The maximum Gasteiger partial charge on any atom is 0.254 e. The Hall–Kier alpha value is -1.83. The Bertz CT molecular complexity index is 778. The number of rotatable bonds is 1. The Morgan fingerprint density at radius 3 is 2.58 bits per heavy atom. The fourth-order valence-electron chi connectivity index (χ4n) is 4.93. The molecule has 0 bridgehead atoms.